The third kappa shape index (κ3) is 21.3. The van der Waals surface area contributed by atoms with E-state index >= 15 is 0 Å². The van der Waals surface area contributed by atoms with E-state index in [1.54, 1.807) is 0 Å². The van der Waals surface area contributed by atoms with Crippen molar-refractivity contribution < 1.29 is 83.8 Å². The van der Waals surface area contributed by atoms with Gasteiger partial charge in [-0.05, 0) is 55.4 Å². The lowest BCUT2D eigenvalue weighted by atomic mass is 10.4. The van der Waals surface area contributed by atoms with Gasteiger partial charge in [0.05, 0.1) is 32.7 Å². The third-order valence-electron chi connectivity index (χ3n) is 11.2. The van der Waals surface area contributed by atoms with Crippen molar-refractivity contribution >= 4 is 58.8 Å². The van der Waals surface area contributed by atoms with Gasteiger partial charge in [0, 0.05) is 19.6 Å². The highest BCUT2D eigenvalue weighted by molar-refractivity contribution is 5.77. The van der Waals surface area contributed by atoms with Gasteiger partial charge in [0.1, 0.15) is 68.4 Å². The Labute approximate surface area is 522 Å². The van der Waals surface area contributed by atoms with Crippen molar-refractivity contribution in [3.8, 4) is 0 Å². The van der Waals surface area contributed by atoms with Gasteiger partial charge in [-0.15, -0.1) is 0 Å². The summed E-state index contributed by atoms with van der Waals surface area (Å²) >= 11 is 0. The molecule has 0 saturated carbocycles. The van der Waals surface area contributed by atoms with Crippen LogP contribution >= 0.6 is 0 Å². The third-order valence-corrected chi connectivity index (χ3v) is 11.2. The maximum absolute atomic E-state index is 12.0. The zero-order valence-electron chi connectivity index (χ0n) is 50.6. The second kappa shape index (κ2) is 35.2. The molecule has 0 fully saturated rings. The van der Waals surface area contributed by atoms with Gasteiger partial charge < -0.3 is 35.8 Å². The lowest BCUT2D eigenvalue weighted by molar-refractivity contribution is -0.139. The number of nitrogens with zero attached hydrogens (tertiary/aromatic N) is 15. The van der Waals surface area contributed by atoms with Crippen LogP contribution in [0.1, 0.15) is 68.9 Å². The molecule has 5 aromatic rings. The molecule has 47 heteroatoms. The minimum absolute atomic E-state index is 0. The summed E-state index contributed by atoms with van der Waals surface area (Å²) in [5.41, 5.74) is -16.9. The number of aliphatic hydroxyl groups excluding tert-OH is 1. The summed E-state index contributed by atoms with van der Waals surface area (Å²) in [7, 11) is 1.10. The molecule has 95 heavy (non-hydrogen) atoms. The molecule has 0 spiro atoms. The number of aliphatic hydroxyl groups is 1. The molecule has 0 unspecified atom stereocenters. The maximum atomic E-state index is 12.0. The number of hydrogen-bond donors (Lipinski definition) is 7. The minimum atomic E-state index is -1.51. The van der Waals surface area contributed by atoms with E-state index in [1.807, 2.05) is 0 Å². The highest BCUT2D eigenvalue weighted by Gasteiger charge is 2.23. The second-order valence-corrected chi connectivity index (χ2v) is 19.2. The Kier molecular flexibility index (Phi) is 30.6. The first kappa shape index (κ1) is 82.5. The fourth-order valence-corrected chi connectivity index (χ4v) is 7.37. The smallest absolute Gasteiger partial charge is 0.370 e. The Morgan fingerprint density at radius 1 is 0.305 bits per heavy atom. The van der Waals surface area contributed by atoms with E-state index in [4.69, 9.17) is 35.8 Å². The van der Waals surface area contributed by atoms with Crippen LogP contribution in [-0.2, 0) is 134 Å². The van der Waals surface area contributed by atoms with E-state index in [2.05, 4.69) is 0 Å². The SMILES string of the molecule is C.CC(=O)Cn1c(=O)n(C)c(=O)n(CC(=O)O)c1=O.CC(=O)Cn1c(=O)n(CC(=O)O)c(=O)n(C(C)C)c1=O.CC(=O)Cn1c(=O)n(CO)c(=O)n(CC(=O)O)c1=O.CC(=O)Cn1c(=O)n(O)c(=O)n(CC(=O)O)c1=O.CCn1c(=O)n(CC(C)=O)c(=O)n(CC(=O)O)c1=O. The first-order valence-electron chi connectivity index (χ1n) is 25.8. The molecule has 0 radical (unpaired) electrons. The van der Waals surface area contributed by atoms with Crippen LogP contribution in [0.2, 0.25) is 0 Å². The lowest BCUT2D eigenvalue weighted by Crippen LogP contribution is -2.56. The number of Topliss-reactive ketones (excluding diaryl/α,β-unsaturated/α-hetero) is 5. The van der Waals surface area contributed by atoms with Gasteiger partial charge in [0.2, 0.25) is 0 Å². The fraction of sp³-hybridized carbons (Fsp3) is 0.479. The van der Waals surface area contributed by atoms with Crippen LogP contribution in [0.25, 0.3) is 0 Å². The van der Waals surface area contributed by atoms with Gasteiger partial charge in [-0.25, -0.2) is 136 Å². The van der Waals surface area contributed by atoms with Crippen LogP contribution in [0.5, 0.6) is 0 Å². The molecule has 0 amide bonds. The van der Waals surface area contributed by atoms with E-state index in [9.17, 15) is 120 Å². The fourth-order valence-electron chi connectivity index (χ4n) is 7.37. The number of hydrogen-bond acceptors (Lipinski definition) is 27. The van der Waals surface area contributed by atoms with E-state index in [0.717, 1.165) is 25.5 Å². The number of carboxylic acid groups (broad SMARTS) is 5. The molecule has 0 bridgehead atoms. The monoisotopic (exact) mass is 1360 g/mol. The van der Waals surface area contributed by atoms with Crippen molar-refractivity contribution in [3.05, 3.63) is 157 Å². The zero-order valence-corrected chi connectivity index (χ0v) is 50.6. The van der Waals surface area contributed by atoms with Crippen LogP contribution in [0.3, 0.4) is 0 Å². The topological polar surface area (TPSA) is 642 Å². The molecule has 0 saturated heterocycles. The Hall–Kier alpha value is -12.5. The Morgan fingerprint density at radius 2 is 0.484 bits per heavy atom. The zero-order chi connectivity index (χ0) is 73.2. The Balaban J connectivity index is 0.00000116. The van der Waals surface area contributed by atoms with E-state index in [1.165, 1.54) is 41.5 Å². The Morgan fingerprint density at radius 3 is 0.705 bits per heavy atom. The Bertz CT molecular complexity index is 4360. The molecule has 5 aromatic heterocycles. The van der Waals surface area contributed by atoms with Crippen LogP contribution < -0.4 is 85.3 Å². The standard InChI is InChI=1S/C11H15N3O6.C10H13N3O6.C9H11N3O7.C9H11N3O6.C8H9N3O7.CH4/c1-6(2)14-10(19)12(4-7(3)15)9(18)13(11(14)20)5-8(16)17;1-3-11-8(17)12(4-6(2)14)10(19)13(9(11)18)5-7(15)16;1-5(14)2-10-7(17)11(3-6(15)16)9(19)12(4-13)8(10)18;1-5(13)3-11-7(16)10(2)8(17)12(9(11)18)4-6(14)15;1-4(12)2-9-6(15)10(3-5(13)14)8(17)11(18)7(9)16;/h6H,4-5H2,1-3H3,(H,16,17);3-5H2,1-2H3,(H,15,16);13H,2-4H2,1H3,(H,15,16);3-4H2,1-2H3,(H,14,15);18H,2-3H2,1H3,(H,13,14);1H4. The quantitative estimate of drug-likeness (QED) is 0.0299. The molecular weight excluding hydrogens is 1300 g/mol. The highest BCUT2D eigenvalue weighted by atomic mass is 16.5. The summed E-state index contributed by atoms with van der Waals surface area (Å²) in [5, 5.41) is 61.1. The normalized spacial score (nSPS) is 10.3. The van der Waals surface area contributed by atoms with Crippen LogP contribution in [0.15, 0.2) is 71.9 Å². The molecule has 0 aliphatic carbocycles. The predicted molar refractivity (Wildman–Crippen MR) is 311 cm³/mol. The van der Waals surface area contributed by atoms with E-state index in [-0.39, 0.29) is 32.2 Å². The van der Waals surface area contributed by atoms with Crippen molar-refractivity contribution in [1.29, 1.82) is 0 Å². The maximum Gasteiger partial charge on any atom is 0.370 e. The van der Waals surface area contributed by atoms with Gasteiger partial charge in [-0.1, -0.05) is 12.2 Å². The molecule has 0 aliphatic rings. The predicted octanol–water partition coefficient (Wildman–Crippen LogP) is -11.8. The van der Waals surface area contributed by atoms with Crippen molar-refractivity contribution in [2.45, 2.75) is 148 Å². The van der Waals surface area contributed by atoms with Crippen molar-refractivity contribution in [1.82, 2.24) is 68.7 Å². The minimum Gasteiger partial charge on any atom is -0.480 e. The molecule has 47 nitrogen and oxygen atoms in total. The number of carboxylic acids is 5. The molecule has 5 heterocycles. The second-order valence-electron chi connectivity index (χ2n) is 19.2. The number of carbonyl (C=O) groups excluding carboxylic acids is 5. The van der Waals surface area contributed by atoms with Crippen LogP contribution in [0, 0.1) is 0 Å². The van der Waals surface area contributed by atoms with Gasteiger partial charge >= 0.3 is 115 Å². The van der Waals surface area contributed by atoms with Gasteiger partial charge in [-0.2, -0.15) is 0 Å². The molecule has 7 N–H and O–H groups in total. The molecule has 5 rings (SSSR count). The van der Waals surface area contributed by atoms with Crippen molar-refractivity contribution in [2.24, 2.45) is 7.05 Å². The molecule has 522 valence electrons. The largest absolute Gasteiger partial charge is 0.480 e. The van der Waals surface area contributed by atoms with Crippen LogP contribution in [0.4, 0.5) is 0 Å². The number of rotatable bonds is 23. The van der Waals surface area contributed by atoms with E-state index < -0.39 is 227 Å². The van der Waals surface area contributed by atoms with Crippen molar-refractivity contribution in [2.75, 3.05) is 0 Å². The number of aromatic nitrogens is 15. The van der Waals surface area contributed by atoms with Crippen LogP contribution in [-0.4, -0.2) is 163 Å². The summed E-state index contributed by atoms with van der Waals surface area (Å²) in [6, 6.07) is -0.575. The molecule has 0 aromatic carbocycles. The molecular formula is C48H63N15O32. The number of aliphatic carboxylic acids is 5. The summed E-state index contributed by atoms with van der Waals surface area (Å²) in [4.78, 5) is 283. The van der Waals surface area contributed by atoms with E-state index in [0.29, 0.717) is 41.1 Å². The highest BCUT2D eigenvalue weighted by Crippen LogP contribution is 1.94. The number of ketones is 5. The first-order valence-corrected chi connectivity index (χ1v) is 25.8. The first-order chi connectivity index (χ1) is 43.2. The van der Waals surface area contributed by atoms with Gasteiger partial charge in [0.15, 0.2) is 0 Å². The average Bonchev–Trinajstić information content (AvgIpc) is 0.824. The lowest BCUT2D eigenvalue weighted by Gasteiger charge is -2.14. The van der Waals surface area contributed by atoms with Gasteiger partial charge in [0.25, 0.3) is 0 Å². The summed E-state index contributed by atoms with van der Waals surface area (Å²) in [6.45, 7) is 1.80. The summed E-state index contributed by atoms with van der Waals surface area (Å²) < 4.78 is 5.75. The van der Waals surface area contributed by atoms with Gasteiger partial charge in [-0.3, -0.25) is 47.9 Å². The van der Waals surface area contributed by atoms with Crippen molar-refractivity contribution in [3.63, 3.8) is 0 Å². The number of carbonyl (C=O) groups is 10. The average molecular weight is 1360 g/mol. The molecule has 0 aliphatic heterocycles. The summed E-state index contributed by atoms with van der Waals surface area (Å²) in [6.07, 6.45) is 0. The molecule has 0 atom stereocenters. The summed E-state index contributed by atoms with van der Waals surface area (Å²) in [5.74, 6) is -9.67.